The SMILES string of the molecule is COc1ccc(C(=O)SNC(=O)Nc2cccc(-c3nc4ccccc4s3)c2C)cc1OC. The van der Waals surface area contributed by atoms with Gasteiger partial charge in [-0.3, -0.25) is 9.52 Å². The molecule has 0 saturated heterocycles. The number of urea groups is 1. The number of aromatic nitrogens is 1. The van der Waals surface area contributed by atoms with Crippen molar-refractivity contribution < 1.29 is 19.1 Å². The first-order chi connectivity index (χ1) is 16.0. The normalized spacial score (nSPS) is 10.6. The monoisotopic (exact) mass is 479 g/mol. The topological polar surface area (TPSA) is 89.5 Å². The van der Waals surface area contributed by atoms with Gasteiger partial charge in [-0.15, -0.1) is 11.3 Å². The van der Waals surface area contributed by atoms with Gasteiger partial charge >= 0.3 is 6.03 Å². The lowest BCUT2D eigenvalue weighted by Gasteiger charge is -2.12. The van der Waals surface area contributed by atoms with Gasteiger partial charge < -0.3 is 14.8 Å². The van der Waals surface area contributed by atoms with Gasteiger partial charge in [-0.1, -0.05) is 24.3 Å². The summed E-state index contributed by atoms with van der Waals surface area (Å²) >= 11 is 2.29. The molecule has 0 spiro atoms. The number of hydrogen-bond donors (Lipinski definition) is 2. The molecule has 0 saturated carbocycles. The maximum atomic E-state index is 12.5. The Balaban J connectivity index is 1.44. The molecule has 9 heteroatoms. The van der Waals surface area contributed by atoms with Crippen LogP contribution >= 0.6 is 23.3 Å². The van der Waals surface area contributed by atoms with Gasteiger partial charge in [0, 0.05) is 28.8 Å². The van der Waals surface area contributed by atoms with Crippen molar-refractivity contribution in [1.29, 1.82) is 0 Å². The van der Waals surface area contributed by atoms with Crippen LogP contribution in [0.5, 0.6) is 11.5 Å². The lowest BCUT2D eigenvalue weighted by atomic mass is 10.1. The minimum atomic E-state index is -0.502. The van der Waals surface area contributed by atoms with Crippen LogP contribution in [-0.2, 0) is 0 Å². The maximum absolute atomic E-state index is 12.5. The molecule has 33 heavy (non-hydrogen) atoms. The molecular formula is C24H21N3O4S2. The summed E-state index contributed by atoms with van der Waals surface area (Å²) in [4.78, 5) is 29.6. The summed E-state index contributed by atoms with van der Waals surface area (Å²) in [5.74, 6) is 0.962. The van der Waals surface area contributed by atoms with Crippen LogP contribution in [0.3, 0.4) is 0 Å². The van der Waals surface area contributed by atoms with E-state index in [0.29, 0.717) is 34.7 Å². The number of anilines is 1. The number of nitrogens with one attached hydrogen (secondary N) is 2. The van der Waals surface area contributed by atoms with Crippen molar-refractivity contribution in [3.63, 3.8) is 0 Å². The van der Waals surface area contributed by atoms with Gasteiger partial charge in [-0.2, -0.15) is 0 Å². The van der Waals surface area contributed by atoms with Crippen molar-refractivity contribution in [3.05, 3.63) is 71.8 Å². The summed E-state index contributed by atoms with van der Waals surface area (Å²) in [5.41, 5.74) is 3.81. The molecule has 2 amide bonds. The van der Waals surface area contributed by atoms with Gasteiger partial charge in [0.15, 0.2) is 11.5 Å². The maximum Gasteiger partial charge on any atom is 0.329 e. The van der Waals surface area contributed by atoms with Crippen molar-refractivity contribution in [2.75, 3.05) is 19.5 Å². The third-order valence-electron chi connectivity index (χ3n) is 4.96. The van der Waals surface area contributed by atoms with E-state index in [4.69, 9.17) is 14.5 Å². The summed E-state index contributed by atoms with van der Waals surface area (Å²) < 4.78 is 14.0. The van der Waals surface area contributed by atoms with Crippen molar-refractivity contribution in [2.45, 2.75) is 6.92 Å². The number of hydrogen-bond acceptors (Lipinski definition) is 7. The Morgan fingerprint density at radius 3 is 2.52 bits per heavy atom. The molecule has 1 heterocycles. The lowest BCUT2D eigenvalue weighted by Crippen LogP contribution is -2.24. The van der Waals surface area contributed by atoms with Gasteiger partial charge in [0.1, 0.15) is 5.01 Å². The third kappa shape index (κ3) is 4.94. The highest BCUT2D eigenvalue weighted by Gasteiger charge is 2.15. The number of carbonyl (C=O) groups is 2. The zero-order chi connectivity index (χ0) is 23.4. The summed E-state index contributed by atoms with van der Waals surface area (Å²) in [6.45, 7) is 1.93. The summed E-state index contributed by atoms with van der Waals surface area (Å²) in [6.07, 6.45) is 0. The molecule has 0 bridgehead atoms. The second-order valence-corrected chi connectivity index (χ2v) is 8.79. The Labute approximate surface area is 199 Å². The van der Waals surface area contributed by atoms with E-state index in [1.165, 1.54) is 14.2 Å². The van der Waals surface area contributed by atoms with E-state index in [-0.39, 0.29) is 5.12 Å². The van der Waals surface area contributed by atoms with Gasteiger partial charge in [0.05, 0.1) is 24.4 Å². The van der Waals surface area contributed by atoms with Gasteiger partial charge in [0.25, 0.3) is 0 Å². The largest absolute Gasteiger partial charge is 0.493 e. The third-order valence-corrected chi connectivity index (χ3v) is 6.74. The standard InChI is InChI=1S/C24H21N3O4S2/c1-14-16(22-25-18-8-4-5-10-21(18)32-22)7-6-9-17(14)26-24(29)27-33-23(28)15-11-12-19(30-2)20(13-15)31-3/h4-13H,1-3H3,(H2,26,27,29). The molecule has 4 rings (SSSR count). The number of ether oxygens (including phenoxy) is 2. The van der Waals surface area contributed by atoms with Crippen LogP contribution in [0.2, 0.25) is 0 Å². The highest BCUT2D eigenvalue weighted by molar-refractivity contribution is 8.12. The zero-order valence-electron chi connectivity index (χ0n) is 18.2. The average Bonchev–Trinajstić information content (AvgIpc) is 3.27. The molecule has 1 aromatic heterocycles. The van der Waals surface area contributed by atoms with Gasteiger partial charge in [0.2, 0.25) is 5.12 Å². The van der Waals surface area contributed by atoms with E-state index in [0.717, 1.165) is 26.4 Å². The van der Waals surface area contributed by atoms with Crippen LogP contribution in [0.15, 0.2) is 60.7 Å². The molecule has 0 aliphatic rings. The smallest absolute Gasteiger partial charge is 0.329 e. The predicted molar refractivity (Wildman–Crippen MR) is 133 cm³/mol. The number of amides is 2. The number of nitrogens with zero attached hydrogens (tertiary/aromatic N) is 1. The van der Waals surface area contributed by atoms with Gasteiger partial charge in [-0.05, 0) is 48.9 Å². The number of carbonyl (C=O) groups excluding carboxylic acids is 2. The highest BCUT2D eigenvalue weighted by Crippen LogP contribution is 2.34. The highest BCUT2D eigenvalue weighted by atomic mass is 32.2. The van der Waals surface area contributed by atoms with Crippen LogP contribution in [0.4, 0.5) is 10.5 Å². The molecule has 2 N–H and O–H groups in total. The molecule has 3 aromatic carbocycles. The van der Waals surface area contributed by atoms with Crippen molar-refractivity contribution >= 4 is 50.3 Å². The lowest BCUT2D eigenvalue weighted by molar-refractivity contribution is 0.108. The molecule has 7 nitrogen and oxygen atoms in total. The summed E-state index contributed by atoms with van der Waals surface area (Å²) in [6, 6.07) is 17.9. The summed E-state index contributed by atoms with van der Waals surface area (Å²) in [5, 5.41) is 3.37. The second-order valence-electron chi connectivity index (χ2n) is 6.98. The molecule has 168 valence electrons. The molecule has 0 unspecified atom stereocenters. The molecule has 0 atom stereocenters. The number of rotatable bonds is 5. The van der Waals surface area contributed by atoms with E-state index >= 15 is 0 Å². The minimum Gasteiger partial charge on any atom is -0.493 e. The number of methoxy groups -OCH3 is 2. The fraction of sp³-hybridized carbons (Fsp3) is 0.125. The van der Waals surface area contributed by atoms with Crippen molar-refractivity contribution in [2.24, 2.45) is 0 Å². The molecule has 0 aliphatic carbocycles. The first-order valence-corrected chi connectivity index (χ1v) is 11.6. The van der Waals surface area contributed by atoms with Crippen molar-refractivity contribution in [1.82, 2.24) is 9.71 Å². The van der Waals surface area contributed by atoms with Crippen LogP contribution in [0.25, 0.3) is 20.8 Å². The van der Waals surface area contributed by atoms with E-state index in [1.807, 2.05) is 49.4 Å². The Morgan fingerprint density at radius 2 is 1.76 bits per heavy atom. The van der Waals surface area contributed by atoms with Crippen LogP contribution in [0.1, 0.15) is 15.9 Å². The Kier molecular flexibility index (Phi) is 6.81. The minimum absolute atomic E-state index is 0.328. The first-order valence-electron chi connectivity index (χ1n) is 9.96. The number of para-hydroxylation sites is 1. The molecule has 0 radical (unpaired) electrons. The number of thiazole rings is 1. The Bertz CT molecular complexity index is 1300. The van der Waals surface area contributed by atoms with E-state index in [1.54, 1.807) is 29.5 Å². The Morgan fingerprint density at radius 1 is 0.970 bits per heavy atom. The first kappa shape index (κ1) is 22.6. The van der Waals surface area contributed by atoms with Crippen LogP contribution < -0.4 is 19.5 Å². The zero-order valence-corrected chi connectivity index (χ0v) is 19.8. The Hall–Kier alpha value is -3.56. The van der Waals surface area contributed by atoms with Crippen molar-refractivity contribution in [3.8, 4) is 22.1 Å². The fourth-order valence-corrected chi connectivity index (χ4v) is 4.78. The van der Waals surface area contributed by atoms with E-state index < -0.39 is 6.03 Å². The second kappa shape index (κ2) is 9.93. The van der Waals surface area contributed by atoms with E-state index in [9.17, 15) is 9.59 Å². The van der Waals surface area contributed by atoms with Gasteiger partial charge in [-0.25, -0.2) is 9.78 Å². The van der Waals surface area contributed by atoms with E-state index in [2.05, 4.69) is 10.0 Å². The average molecular weight is 480 g/mol. The summed E-state index contributed by atoms with van der Waals surface area (Å²) in [7, 11) is 3.02. The van der Waals surface area contributed by atoms with Crippen LogP contribution in [0, 0.1) is 6.92 Å². The molecule has 0 fully saturated rings. The van der Waals surface area contributed by atoms with Crippen LogP contribution in [-0.4, -0.2) is 30.3 Å². The molecule has 0 aliphatic heterocycles. The fourth-order valence-electron chi connectivity index (χ4n) is 3.25. The number of fused-ring (bicyclic) bond motifs is 1. The predicted octanol–water partition coefficient (Wildman–Crippen LogP) is 5.90. The number of benzene rings is 3. The molecule has 4 aromatic rings. The quantitative estimate of drug-likeness (QED) is 0.347. The molecular weight excluding hydrogens is 458 g/mol.